The van der Waals surface area contributed by atoms with E-state index in [2.05, 4.69) is 213 Å². The summed E-state index contributed by atoms with van der Waals surface area (Å²) < 4.78 is 0. The molecule has 0 fully saturated rings. The molecular formula is C42H43Br2NOP2. The van der Waals surface area contributed by atoms with Gasteiger partial charge in [-0.1, -0.05) is 0 Å². The van der Waals surface area contributed by atoms with E-state index in [-0.39, 0.29) is 0 Å². The van der Waals surface area contributed by atoms with Crippen LogP contribution in [0.5, 0.6) is 0 Å². The van der Waals surface area contributed by atoms with Crippen LogP contribution in [0.3, 0.4) is 0 Å². The van der Waals surface area contributed by atoms with E-state index in [4.69, 9.17) is 0 Å². The van der Waals surface area contributed by atoms with Crippen LogP contribution in [0.15, 0.2) is 182 Å². The number of halogens is 2. The second-order valence-electron chi connectivity index (χ2n) is 12.5. The fourth-order valence-corrected chi connectivity index (χ4v) is 22.6. The van der Waals surface area contributed by atoms with Crippen molar-refractivity contribution in [2.45, 2.75) is 12.8 Å². The summed E-state index contributed by atoms with van der Waals surface area (Å²) in [5.41, 5.74) is 0. The second kappa shape index (κ2) is 14.9. The first-order chi connectivity index (χ1) is 23.4. The van der Waals surface area contributed by atoms with Gasteiger partial charge >= 0.3 is 304 Å². The molecule has 0 unspecified atom stereocenters. The molecule has 246 valence electrons. The molecule has 0 heterocycles. The minimum absolute atomic E-state index is 0.580. The van der Waals surface area contributed by atoms with Gasteiger partial charge in [0.1, 0.15) is 0 Å². The minimum atomic E-state index is -3.04. The Kier molecular flexibility index (Phi) is 10.8. The number of rotatable bonds is 14. The monoisotopic (exact) mass is 797 g/mol. The molecule has 1 N–H and O–H groups in total. The SMILES string of the molecule is ON(CCCP(Br)(c1ccccc1)(c1ccccc1)c1ccccc1)CCCP(Br)(c1ccccc1)(c1ccccc1)c1ccccc1. The zero-order chi connectivity index (χ0) is 33.4. The van der Waals surface area contributed by atoms with Crippen LogP contribution in [0.25, 0.3) is 0 Å². The van der Waals surface area contributed by atoms with Crippen molar-refractivity contribution in [2.24, 2.45) is 0 Å². The molecule has 0 aliphatic carbocycles. The predicted octanol–water partition coefficient (Wildman–Crippen LogP) is 9.14. The van der Waals surface area contributed by atoms with Gasteiger partial charge in [0.2, 0.25) is 0 Å². The topological polar surface area (TPSA) is 23.5 Å². The molecule has 0 amide bonds. The number of benzene rings is 6. The Labute approximate surface area is 302 Å². The van der Waals surface area contributed by atoms with Crippen molar-refractivity contribution in [1.82, 2.24) is 5.06 Å². The normalized spacial score (nSPS) is 13.7. The number of nitrogens with zero attached hydrogens (tertiary/aromatic N) is 1. The molecule has 0 spiro atoms. The predicted molar refractivity (Wildman–Crippen MR) is 220 cm³/mol. The average molecular weight is 800 g/mol. The molecule has 6 rings (SSSR count). The van der Waals surface area contributed by atoms with E-state index in [0.717, 1.165) is 25.2 Å². The third-order valence-corrected chi connectivity index (χ3v) is 29.8. The van der Waals surface area contributed by atoms with Crippen LogP contribution in [0.4, 0.5) is 0 Å². The van der Waals surface area contributed by atoms with E-state index in [1.54, 1.807) is 5.06 Å². The molecule has 0 radical (unpaired) electrons. The Morgan fingerprint density at radius 2 is 0.542 bits per heavy atom. The zero-order valence-corrected chi connectivity index (χ0v) is 32.1. The van der Waals surface area contributed by atoms with Crippen molar-refractivity contribution in [1.29, 1.82) is 0 Å². The zero-order valence-electron chi connectivity index (χ0n) is 27.1. The van der Waals surface area contributed by atoms with Crippen molar-refractivity contribution >= 4 is 73.4 Å². The number of hydroxylamine groups is 2. The van der Waals surface area contributed by atoms with Crippen LogP contribution in [-0.4, -0.2) is 35.7 Å². The van der Waals surface area contributed by atoms with Gasteiger partial charge in [-0.05, 0) is 0 Å². The summed E-state index contributed by atoms with van der Waals surface area (Å²) in [5.74, 6) is 0. The second-order valence-corrected chi connectivity index (χ2v) is 30.6. The number of hydrogen-bond acceptors (Lipinski definition) is 2. The summed E-state index contributed by atoms with van der Waals surface area (Å²) in [6, 6.07) is 65.4. The maximum atomic E-state index is 11.5. The molecule has 0 aliphatic heterocycles. The molecule has 0 bridgehead atoms. The third kappa shape index (κ3) is 6.40. The standard InChI is InChI=1S/C42H43Br2NOP2/c43-47(37-21-7-1-8-22-37,38-23-9-2-10-24-38,39-25-11-3-12-26-39)35-19-33-45(46)34-20-36-48(44,40-27-13-4-14-28-40,41-29-15-5-16-30-41)42-31-17-6-18-32-42/h1-18,21-32,46H,19-20,33-36H2. The van der Waals surface area contributed by atoms with Crippen molar-refractivity contribution in [3.63, 3.8) is 0 Å². The summed E-state index contributed by atoms with van der Waals surface area (Å²) in [7, 11) is 0. The Morgan fingerprint density at radius 3 is 0.729 bits per heavy atom. The van der Waals surface area contributed by atoms with Crippen LogP contribution >= 0.6 is 41.6 Å². The molecule has 0 saturated carbocycles. The molecule has 48 heavy (non-hydrogen) atoms. The van der Waals surface area contributed by atoms with E-state index in [1.807, 2.05) is 0 Å². The van der Waals surface area contributed by atoms with Crippen molar-refractivity contribution in [2.75, 3.05) is 25.4 Å². The van der Waals surface area contributed by atoms with E-state index >= 15 is 0 Å². The van der Waals surface area contributed by atoms with Gasteiger partial charge in [-0.3, -0.25) is 0 Å². The first-order valence-electron chi connectivity index (χ1n) is 16.6. The Morgan fingerprint density at radius 1 is 0.354 bits per heavy atom. The molecule has 0 aromatic heterocycles. The fourth-order valence-electron chi connectivity index (χ4n) is 7.31. The molecule has 2 nitrogen and oxygen atoms in total. The molecule has 0 aliphatic rings. The van der Waals surface area contributed by atoms with Crippen LogP contribution < -0.4 is 31.8 Å². The Bertz CT molecular complexity index is 1540. The van der Waals surface area contributed by atoms with E-state index in [9.17, 15) is 5.21 Å². The van der Waals surface area contributed by atoms with E-state index in [1.165, 1.54) is 31.8 Å². The first kappa shape index (κ1) is 34.9. The van der Waals surface area contributed by atoms with Crippen molar-refractivity contribution in [3.8, 4) is 0 Å². The van der Waals surface area contributed by atoms with Gasteiger partial charge < -0.3 is 0 Å². The quantitative estimate of drug-likeness (QED) is 0.0879. The first-order valence-corrected chi connectivity index (χ1v) is 25.5. The summed E-state index contributed by atoms with van der Waals surface area (Å²) in [6.07, 6.45) is 3.42. The fraction of sp³-hybridized carbons (Fsp3) is 0.143. The van der Waals surface area contributed by atoms with E-state index in [0.29, 0.717) is 13.1 Å². The van der Waals surface area contributed by atoms with Crippen molar-refractivity contribution < 1.29 is 5.21 Å². The summed E-state index contributed by atoms with van der Waals surface area (Å²) in [4.78, 5) is 0. The van der Waals surface area contributed by atoms with Crippen LogP contribution in [0.1, 0.15) is 12.8 Å². The van der Waals surface area contributed by atoms with Crippen LogP contribution in [-0.2, 0) is 0 Å². The van der Waals surface area contributed by atoms with Crippen LogP contribution in [0.2, 0.25) is 0 Å². The van der Waals surface area contributed by atoms with Gasteiger partial charge in [0.15, 0.2) is 0 Å². The van der Waals surface area contributed by atoms with Crippen molar-refractivity contribution in [3.05, 3.63) is 182 Å². The van der Waals surface area contributed by atoms with Gasteiger partial charge in [0, 0.05) is 0 Å². The summed E-state index contributed by atoms with van der Waals surface area (Å²) in [5, 5.41) is 14.7. The van der Waals surface area contributed by atoms with Gasteiger partial charge in [-0.25, -0.2) is 0 Å². The molecule has 0 atom stereocenters. The molecule has 6 aromatic rings. The van der Waals surface area contributed by atoms with Crippen LogP contribution in [0, 0.1) is 0 Å². The Balaban J connectivity index is 1.27. The van der Waals surface area contributed by atoms with Gasteiger partial charge in [-0.2, -0.15) is 0 Å². The van der Waals surface area contributed by atoms with Gasteiger partial charge in [-0.15, -0.1) is 0 Å². The Hall–Kier alpha value is -2.94. The van der Waals surface area contributed by atoms with Gasteiger partial charge in [0.25, 0.3) is 0 Å². The summed E-state index contributed by atoms with van der Waals surface area (Å²) in [6.45, 7) is 1.16. The third-order valence-electron chi connectivity index (χ3n) is 9.76. The van der Waals surface area contributed by atoms with E-state index < -0.39 is 10.6 Å². The van der Waals surface area contributed by atoms with Gasteiger partial charge in [0.05, 0.1) is 0 Å². The summed E-state index contributed by atoms with van der Waals surface area (Å²) >= 11 is 9.12. The average Bonchev–Trinajstić information content (AvgIpc) is 3.17. The molecular weight excluding hydrogens is 756 g/mol. The molecule has 0 saturated heterocycles. The number of hydrogen-bond donors (Lipinski definition) is 1. The molecule has 6 heteroatoms. The maximum absolute atomic E-state index is 11.5. The molecule has 6 aromatic carbocycles.